The third-order valence-electron chi connectivity index (χ3n) is 3.49. The summed E-state index contributed by atoms with van der Waals surface area (Å²) in [5.41, 5.74) is 9.29. The highest BCUT2D eigenvalue weighted by atomic mass is 16.2. The Labute approximate surface area is 136 Å². The van der Waals surface area contributed by atoms with Gasteiger partial charge < -0.3 is 16.0 Å². The lowest BCUT2D eigenvalue weighted by molar-refractivity contribution is -0.128. The minimum atomic E-state index is -0.0904. The lowest BCUT2D eigenvalue weighted by Gasteiger charge is -2.16. The molecule has 0 aromatic heterocycles. The molecule has 0 fully saturated rings. The second-order valence-corrected chi connectivity index (χ2v) is 5.41. The lowest BCUT2D eigenvalue weighted by Crippen LogP contribution is -2.32. The number of carbonyl (C=O) groups excluding carboxylic acids is 2. The maximum atomic E-state index is 11.6. The summed E-state index contributed by atoms with van der Waals surface area (Å²) in [5, 5.41) is 2.74. The van der Waals surface area contributed by atoms with Crippen molar-refractivity contribution in [2.75, 3.05) is 18.9 Å². The van der Waals surface area contributed by atoms with Gasteiger partial charge >= 0.3 is 0 Å². The van der Waals surface area contributed by atoms with Gasteiger partial charge in [-0.15, -0.1) is 0 Å². The Balaban J connectivity index is 2.16. The lowest BCUT2D eigenvalue weighted by atomic mass is 10.0. The Kier molecular flexibility index (Phi) is 5.49. The predicted octanol–water partition coefficient (Wildman–Crippen LogP) is 2.23. The standard InChI is InChI=1S/C18H21N3O2/c1-13(22)20-17-8-6-15(7-9-17)16-5-3-4-14(10-16)12-21(2)18(23)11-19/h3-10H,11-12,19H2,1-2H3,(H,20,22). The number of nitrogens with zero attached hydrogens (tertiary/aromatic N) is 1. The van der Waals surface area contributed by atoms with E-state index in [-0.39, 0.29) is 18.4 Å². The molecule has 0 spiro atoms. The van der Waals surface area contributed by atoms with Crippen molar-refractivity contribution in [2.45, 2.75) is 13.5 Å². The second kappa shape index (κ2) is 7.56. The number of carbonyl (C=O) groups is 2. The van der Waals surface area contributed by atoms with Gasteiger partial charge in [0.15, 0.2) is 0 Å². The zero-order valence-corrected chi connectivity index (χ0v) is 13.4. The van der Waals surface area contributed by atoms with E-state index in [4.69, 9.17) is 5.73 Å². The number of rotatable bonds is 5. The van der Waals surface area contributed by atoms with Crippen LogP contribution >= 0.6 is 0 Å². The van der Waals surface area contributed by atoms with Gasteiger partial charge in [0.05, 0.1) is 6.54 Å². The van der Waals surface area contributed by atoms with Gasteiger partial charge in [-0.25, -0.2) is 0 Å². The normalized spacial score (nSPS) is 10.2. The van der Waals surface area contributed by atoms with Gasteiger partial charge in [0.1, 0.15) is 0 Å². The van der Waals surface area contributed by atoms with Crippen LogP contribution in [-0.2, 0) is 16.1 Å². The topological polar surface area (TPSA) is 75.4 Å². The third-order valence-corrected chi connectivity index (χ3v) is 3.49. The number of nitrogens with two attached hydrogens (primary N) is 1. The fraction of sp³-hybridized carbons (Fsp3) is 0.222. The van der Waals surface area contributed by atoms with E-state index >= 15 is 0 Å². The van der Waals surface area contributed by atoms with E-state index in [2.05, 4.69) is 5.32 Å². The van der Waals surface area contributed by atoms with E-state index < -0.39 is 0 Å². The van der Waals surface area contributed by atoms with Gasteiger partial charge in [-0.1, -0.05) is 30.3 Å². The van der Waals surface area contributed by atoms with Gasteiger partial charge in [0.2, 0.25) is 11.8 Å². The van der Waals surface area contributed by atoms with Crippen molar-refractivity contribution >= 4 is 17.5 Å². The smallest absolute Gasteiger partial charge is 0.236 e. The molecule has 2 aromatic carbocycles. The summed E-state index contributed by atoms with van der Waals surface area (Å²) in [6, 6.07) is 15.7. The molecule has 0 aliphatic heterocycles. The SMILES string of the molecule is CC(=O)Nc1ccc(-c2cccc(CN(C)C(=O)CN)c2)cc1. The number of likely N-dealkylation sites (N-methyl/N-ethyl adjacent to an activating group) is 1. The molecule has 0 saturated heterocycles. The fourth-order valence-corrected chi connectivity index (χ4v) is 2.32. The molecule has 5 heteroatoms. The van der Waals surface area contributed by atoms with Crippen LogP contribution in [0.5, 0.6) is 0 Å². The summed E-state index contributed by atoms with van der Waals surface area (Å²) in [4.78, 5) is 24.2. The van der Waals surface area contributed by atoms with Crippen molar-refractivity contribution in [1.29, 1.82) is 0 Å². The molecule has 0 saturated carbocycles. The van der Waals surface area contributed by atoms with Crippen LogP contribution in [0.3, 0.4) is 0 Å². The Morgan fingerprint density at radius 1 is 1.09 bits per heavy atom. The molecule has 3 N–H and O–H groups in total. The van der Waals surface area contributed by atoms with E-state index in [9.17, 15) is 9.59 Å². The number of amides is 2. The van der Waals surface area contributed by atoms with Crippen LogP contribution < -0.4 is 11.1 Å². The van der Waals surface area contributed by atoms with Crippen molar-refractivity contribution in [2.24, 2.45) is 5.73 Å². The molecule has 0 unspecified atom stereocenters. The van der Waals surface area contributed by atoms with Crippen molar-refractivity contribution in [3.8, 4) is 11.1 Å². The average Bonchev–Trinajstić information content (AvgIpc) is 2.54. The summed E-state index contributed by atoms with van der Waals surface area (Å²) in [6.07, 6.45) is 0. The first-order chi connectivity index (χ1) is 11.0. The molecular formula is C18H21N3O2. The van der Waals surface area contributed by atoms with Crippen LogP contribution in [0.15, 0.2) is 48.5 Å². The fourth-order valence-electron chi connectivity index (χ4n) is 2.32. The maximum absolute atomic E-state index is 11.6. The molecule has 2 rings (SSSR count). The van der Waals surface area contributed by atoms with Crippen molar-refractivity contribution in [3.63, 3.8) is 0 Å². The highest BCUT2D eigenvalue weighted by Crippen LogP contribution is 2.23. The second-order valence-electron chi connectivity index (χ2n) is 5.41. The maximum Gasteiger partial charge on any atom is 0.236 e. The van der Waals surface area contributed by atoms with Gasteiger partial charge in [-0.2, -0.15) is 0 Å². The highest BCUT2D eigenvalue weighted by molar-refractivity contribution is 5.89. The van der Waals surface area contributed by atoms with Crippen molar-refractivity contribution in [1.82, 2.24) is 4.90 Å². The molecule has 0 bridgehead atoms. The molecule has 23 heavy (non-hydrogen) atoms. The summed E-state index contributed by atoms with van der Waals surface area (Å²) in [6.45, 7) is 2.02. The first kappa shape index (κ1) is 16.7. The van der Waals surface area contributed by atoms with Crippen LogP contribution in [0.2, 0.25) is 0 Å². The number of hydrogen-bond acceptors (Lipinski definition) is 3. The molecule has 0 aliphatic carbocycles. The Morgan fingerprint density at radius 2 is 1.78 bits per heavy atom. The predicted molar refractivity (Wildman–Crippen MR) is 91.7 cm³/mol. The van der Waals surface area contributed by atoms with Crippen molar-refractivity contribution in [3.05, 3.63) is 54.1 Å². The Bertz CT molecular complexity index is 696. The highest BCUT2D eigenvalue weighted by Gasteiger charge is 2.07. The Hall–Kier alpha value is -2.66. The largest absolute Gasteiger partial charge is 0.340 e. The number of anilines is 1. The molecule has 0 atom stereocenters. The van der Waals surface area contributed by atoms with Crippen LogP contribution in [0.25, 0.3) is 11.1 Å². The van der Waals surface area contributed by atoms with Crippen LogP contribution in [0.1, 0.15) is 12.5 Å². The summed E-state index contributed by atoms with van der Waals surface area (Å²) in [5.74, 6) is -0.178. The van der Waals surface area contributed by atoms with Gasteiger partial charge in [0.25, 0.3) is 0 Å². The van der Waals surface area contributed by atoms with Gasteiger partial charge in [0, 0.05) is 26.2 Å². The molecule has 0 heterocycles. The molecule has 2 amide bonds. The van der Waals surface area contributed by atoms with E-state index in [0.29, 0.717) is 6.54 Å². The monoisotopic (exact) mass is 311 g/mol. The molecule has 0 aliphatic rings. The quantitative estimate of drug-likeness (QED) is 0.889. The van der Waals surface area contributed by atoms with Gasteiger partial charge in [-0.3, -0.25) is 9.59 Å². The molecule has 120 valence electrons. The zero-order chi connectivity index (χ0) is 16.8. The molecular weight excluding hydrogens is 290 g/mol. The van der Waals surface area contributed by atoms with Crippen molar-refractivity contribution < 1.29 is 9.59 Å². The number of hydrogen-bond donors (Lipinski definition) is 2. The number of benzene rings is 2. The first-order valence-corrected chi connectivity index (χ1v) is 7.40. The van der Waals surface area contributed by atoms with Crippen LogP contribution in [-0.4, -0.2) is 30.3 Å². The summed E-state index contributed by atoms with van der Waals surface area (Å²) < 4.78 is 0. The average molecular weight is 311 g/mol. The molecule has 0 radical (unpaired) electrons. The zero-order valence-electron chi connectivity index (χ0n) is 13.4. The Morgan fingerprint density at radius 3 is 2.39 bits per heavy atom. The number of nitrogens with one attached hydrogen (secondary N) is 1. The van der Waals surface area contributed by atoms with E-state index in [1.165, 1.54) is 6.92 Å². The minimum Gasteiger partial charge on any atom is -0.340 e. The summed E-state index contributed by atoms with van der Waals surface area (Å²) in [7, 11) is 1.74. The van der Waals surface area contributed by atoms with Gasteiger partial charge in [-0.05, 0) is 34.9 Å². The summed E-state index contributed by atoms with van der Waals surface area (Å²) >= 11 is 0. The first-order valence-electron chi connectivity index (χ1n) is 7.40. The molecule has 5 nitrogen and oxygen atoms in total. The van der Waals surface area contributed by atoms with Crippen LogP contribution in [0.4, 0.5) is 5.69 Å². The van der Waals surface area contributed by atoms with E-state index in [1.54, 1.807) is 11.9 Å². The minimum absolute atomic E-state index is 0.0147. The third kappa shape index (κ3) is 4.66. The molecule has 2 aromatic rings. The van der Waals surface area contributed by atoms with E-state index in [1.807, 2.05) is 48.5 Å². The van der Waals surface area contributed by atoms with Crippen LogP contribution in [0, 0.1) is 0 Å². The van der Waals surface area contributed by atoms with E-state index in [0.717, 1.165) is 22.4 Å².